The lowest BCUT2D eigenvalue weighted by molar-refractivity contribution is 0.00538. The number of anilines is 1. The number of rotatable bonds is 2. The third-order valence-electron chi connectivity index (χ3n) is 2.59. The number of hydrogen-bond acceptors (Lipinski definition) is 5. The van der Waals surface area contributed by atoms with Gasteiger partial charge in [0.25, 0.3) is 0 Å². The fourth-order valence-electron chi connectivity index (χ4n) is 1.80. The van der Waals surface area contributed by atoms with E-state index in [-0.39, 0.29) is 11.5 Å². The van der Waals surface area contributed by atoms with Gasteiger partial charge in [-0.2, -0.15) is 4.98 Å². The predicted octanol–water partition coefficient (Wildman–Crippen LogP) is 1.16. The van der Waals surface area contributed by atoms with Crippen molar-refractivity contribution < 1.29 is 4.74 Å². The van der Waals surface area contributed by atoms with E-state index in [1.807, 2.05) is 0 Å². The molecule has 0 aromatic carbocycles. The van der Waals surface area contributed by atoms with Crippen molar-refractivity contribution in [3.8, 4) is 0 Å². The summed E-state index contributed by atoms with van der Waals surface area (Å²) in [7, 11) is 0. The molecule has 15 heavy (non-hydrogen) atoms. The van der Waals surface area contributed by atoms with E-state index in [0.29, 0.717) is 11.3 Å². The number of hydrogen-bond donors (Lipinski definition) is 1. The molecule has 1 fully saturated rings. The summed E-state index contributed by atoms with van der Waals surface area (Å²) in [4.78, 5) is 7.86. The van der Waals surface area contributed by atoms with Crippen LogP contribution < -0.4 is 5.73 Å². The van der Waals surface area contributed by atoms with Crippen LogP contribution in [0.5, 0.6) is 0 Å². The molecule has 2 rings (SSSR count). The van der Waals surface area contributed by atoms with Gasteiger partial charge in [0.15, 0.2) is 0 Å². The average molecular weight is 226 g/mol. The number of nitrogens with zero attached hydrogens (tertiary/aromatic N) is 3. The lowest BCUT2D eigenvalue weighted by Gasteiger charge is -2.23. The minimum absolute atomic E-state index is 0.141. The van der Waals surface area contributed by atoms with Gasteiger partial charge in [0.05, 0.1) is 12.1 Å². The summed E-state index contributed by atoms with van der Waals surface area (Å²) in [6, 6.07) is 0. The van der Waals surface area contributed by atoms with Gasteiger partial charge in [0, 0.05) is 6.61 Å². The zero-order valence-corrected chi connectivity index (χ0v) is 9.46. The Hall–Kier alpha value is -1.01. The van der Waals surface area contributed by atoms with Crippen LogP contribution in [0.4, 0.5) is 5.95 Å². The third kappa shape index (κ3) is 2.32. The van der Waals surface area contributed by atoms with Crippen LogP contribution in [-0.2, 0) is 11.3 Å². The summed E-state index contributed by atoms with van der Waals surface area (Å²) < 4.78 is 7.94. The normalized spacial score (nSPS) is 25.7. The molecule has 0 saturated carbocycles. The second-order valence-corrected chi connectivity index (χ2v) is 4.39. The highest BCUT2D eigenvalue weighted by atomic mass is 32.1. The first-order valence-corrected chi connectivity index (χ1v) is 5.33. The monoisotopic (exact) mass is 226 g/mol. The molecule has 1 unspecified atom stereocenters. The van der Waals surface area contributed by atoms with Crippen LogP contribution >= 0.6 is 12.2 Å². The Bertz CT molecular complexity index is 411. The quantitative estimate of drug-likeness (QED) is 0.766. The van der Waals surface area contributed by atoms with Gasteiger partial charge in [-0.05, 0) is 32.0 Å². The summed E-state index contributed by atoms with van der Waals surface area (Å²) in [5.74, 6) is 0.216. The van der Waals surface area contributed by atoms with Crippen LogP contribution in [-0.4, -0.2) is 26.7 Å². The standard InChI is InChI=1S/C9H14N4OS/c1-9(3-2-4-14-9)5-13-6-11-7(10)12-8(13)15/h6H,2-5H2,1H3,(H2,10,12,15). The highest BCUT2D eigenvalue weighted by Crippen LogP contribution is 2.26. The highest BCUT2D eigenvalue weighted by Gasteiger charge is 2.30. The summed E-state index contributed by atoms with van der Waals surface area (Å²) in [5, 5.41) is 0. The van der Waals surface area contributed by atoms with Crippen LogP contribution in [0, 0.1) is 4.77 Å². The van der Waals surface area contributed by atoms with Crippen LogP contribution in [0.2, 0.25) is 0 Å². The number of aromatic nitrogens is 3. The molecule has 0 spiro atoms. The molecular formula is C9H14N4OS. The molecule has 0 radical (unpaired) electrons. The molecule has 1 aromatic rings. The fraction of sp³-hybridized carbons (Fsp3) is 0.667. The van der Waals surface area contributed by atoms with Crippen molar-refractivity contribution in [1.29, 1.82) is 0 Å². The van der Waals surface area contributed by atoms with Crippen molar-refractivity contribution in [2.75, 3.05) is 12.3 Å². The summed E-state index contributed by atoms with van der Waals surface area (Å²) in [6.45, 7) is 3.59. The molecule has 0 aliphatic carbocycles. The molecule has 1 aromatic heterocycles. The Balaban J connectivity index is 2.20. The molecule has 1 atom stereocenters. The van der Waals surface area contributed by atoms with Crippen molar-refractivity contribution >= 4 is 18.2 Å². The van der Waals surface area contributed by atoms with E-state index >= 15 is 0 Å². The minimum atomic E-state index is -0.141. The van der Waals surface area contributed by atoms with Gasteiger partial charge in [-0.1, -0.05) is 0 Å². The smallest absolute Gasteiger partial charge is 0.224 e. The largest absolute Gasteiger partial charge is 0.373 e. The number of ether oxygens (including phenoxy) is 1. The Labute approximate surface area is 93.3 Å². The van der Waals surface area contributed by atoms with E-state index in [2.05, 4.69) is 16.9 Å². The average Bonchev–Trinajstić information content (AvgIpc) is 2.58. The molecule has 1 aliphatic rings. The number of nitrogen functional groups attached to an aromatic ring is 1. The lowest BCUT2D eigenvalue weighted by atomic mass is 10.0. The maximum absolute atomic E-state index is 5.68. The van der Waals surface area contributed by atoms with Crippen LogP contribution in [0.3, 0.4) is 0 Å². The van der Waals surface area contributed by atoms with E-state index in [9.17, 15) is 0 Å². The van der Waals surface area contributed by atoms with Crippen molar-refractivity contribution in [1.82, 2.24) is 14.5 Å². The van der Waals surface area contributed by atoms with Crippen LogP contribution in [0.25, 0.3) is 0 Å². The Kier molecular flexibility index (Phi) is 2.70. The molecule has 6 heteroatoms. The predicted molar refractivity (Wildman–Crippen MR) is 58.9 cm³/mol. The zero-order chi connectivity index (χ0) is 10.9. The van der Waals surface area contributed by atoms with Gasteiger partial charge in [0.1, 0.15) is 6.33 Å². The van der Waals surface area contributed by atoms with Gasteiger partial charge in [0.2, 0.25) is 10.7 Å². The second kappa shape index (κ2) is 3.86. The maximum atomic E-state index is 5.68. The first-order valence-electron chi connectivity index (χ1n) is 4.92. The van der Waals surface area contributed by atoms with Gasteiger partial charge in [-0.15, -0.1) is 0 Å². The molecule has 2 N–H and O–H groups in total. The molecule has 0 bridgehead atoms. The van der Waals surface area contributed by atoms with Crippen molar-refractivity contribution in [3.05, 3.63) is 11.1 Å². The van der Waals surface area contributed by atoms with Crippen molar-refractivity contribution in [3.63, 3.8) is 0 Å². The van der Waals surface area contributed by atoms with Gasteiger partial charge in [-0.25, -0.2) is 4.98 Å². The Morgan fingerprint density at radius 3 is 3.13 bits per heavy atom. The first kappa shape index (κ1) is 10.5. The molecule has 0 amide bonds. The number of nitrogens with two attached hydrogens (primary N) is 1. The second-order valence-electron chi connectivity index (χ2n) is 4.03. The summed E-state index contributed by atoms with van der Waals surface area (Å²) in [5.41, 5.74) is 5.29. The van der Waals surface area contributed by atoms with E-state index in [1.165, 1.54) is 0 Å². The molecule has 1 saturated heterocycles. The fourth-order valence-corrected chi connectivity index (χ4v) is 2.00. The van der Waals surface area contributed by atoms with Gasteiger partial charge < -0.3 is 15.0 Å². The molecule has 2 heterocycles. The highest BCUT2D eigenvalue weighted by molar-refractivity contribution is 7.71. The molecule has 5 nitrogen and oxygen atoms in total. The van der Waals surface area contributed by atoms with Crippen LogP contribution in [0.15, 0.2) is 6.33 Å². The van der Waals surface area contributed by atoms with E-state index in [1.54, 1.807) is 10.9 Å². The lowest BCUT2D eigenvalue weighted by Crippen LogP contribution is -2.30. The van der Waals surface area contributed by atoms with Gasteiger partial charge in [-0.3, -0.25) is 0 Å². The summed E-state index contributed by atoms with van der Waals surface area (Å²) in [6.07, 6.45) is 3.76. The van der Waals surface area contributed by atoms with Crippen molar-refractivity contribution in [2.24, 2.45) is 0 Å². The van der Waals surface area contributed by atoms with Gasteiger partial charge >= 0.3 is 0 Å². The Morgan fingerprint density at radius 1 is 1.73 bits per heavy atom. The third-order valence-corrected chi connectivity index (χ3v) is 2.92. The molecular weight excluding hydrogens is 212 g/mol. The van der Waals surface area contributed by atoms with Crippen molar-refractivity contribution in [2.45, 2.75) is 31.9 Å². The zero-order valence-electron chi connectivity index (χ0n) is 8.64. The molecule has 1 aliphatic heterocycles. The topological polar surface area (TPSA) is 66.0 Å². The van der Waals surface area contributed by atoms with E-state index < -0.39 is 0 Å². The SMILES string of the molecule is CC1(Cn2cnc(N)nc2=S)CCCO1. The Morgan fingerprint density at radius 2 is 2.53 bits per heavy atom. The maximum Gasteiger partial charge on any atom is 0.224 e. The molecule has 82 valence electrons. The van der Waals surface area contributed by atoms with E-state index in [4.69, 9.17) is 22.7 Å². The first-order chi connectivity index (χ1) is 7.09. The minimum Gasteiger partial charge on any atom is -0.373 e. The summed E-state index contributed by atoms with van der Waals surface area (Å²) >= 11 is 5.10. The van der Waals surface area contributed by atoms with Crippen LogP contribution in [0.1, 0.15) is 19.8 Å². The van der Waals surface area contributed by atoms with E-state index in [0.717, 1.165) is 19.4 Å².